The molecule has 9 heteroatoms. The summed E-state index contributed by atoms with van der Waals surface area (Å²) in [5.41, 5.74) is 3.35. The molecule has 3 aromatic carbocycles. The van der Waals surface area contributed by atoms with Crippen LogP contribution < -0.4 is 15.0 Å². The minimum Gasteiger partial charge on any atom is -0.477 e. The molecule has 40 heavy (non-hydrogen) atoms. The number of amides is 2. The van der Waals surface area contributed by atoms with E-state index in [9.17, 15) is 18.0 Å². The highest BCUT2D eigenvalue weighted by molar-refractivity contribution is 7.89. The second-order valence-electron chi connectivity index (χ2n) is 10.5. The Labute approximate surface area is 236 Å². The summed E-state index contributed by atoms with van der Waals surface area (Å²) in [6.45, 7) is 4.77. The van der Waals surface area contributed by atoms with E-state index in [4.69, 9.17) is 4.74 Å². The Kier molecular flexibility index (Phi) is 8.23. The minimum absolute atomic E-state index is 0.105. The van der Waals surface area contributed by atoms with E-state index in [1.54, 1.807) is 24.0 Å². The Morgan fingerprint density at radius 2 is 1.65 bits per heavy atom. The molecule has 3 aromatic rings. The molecule has 1 N–H and O–H groups in total. The van der Waals surface area contributed by atoms with Crippen molar-refractivity contribution in [2.45, 2.75) is 44.1 Å². The van der Waals surface area contributed by atoms with Crippen molar-refractivity contribution in [1.29, 1.82) is 0 Å². The zero-order chi connectivity index (χ0) is 28.3. The van der Waals surface area contributed by atoms with E-state index in [1.807, 2.05) is 67.6 Å². The molecule has 0 bridgehead atoms. The third-order valence-electron chi connectivity index (χ3n) is 7.65. The summed E-state index contributed by atoms with van der Waals surface area (Å²) in [7, 11) is -3.65. The second kappa shape index (κ2) is 11.8. The molecular formula is C31H35N3O5S. The largest absolute Gasteiger partial charge is 0.477 e. The van der Waals surface area contributed by atoms with Crippen molar-refractivity contribution < 1.29 is 22.7 Å². The van der Waals surface area contributed by atoms with Crippen molar-refractivity contribution in [2.24, 2.45) is 5.92 Å². The van der Waals surface area contributed by atoms with Gasteiger partial charge in [-0.05, 0) is 68.0 Å². The van der Waals surface area contributed by atoms with E-state index in [2.05, 4.69) is 5.32 Å². The lowest BCUT2D eigenvalue weighted by Gasteiger charge is -2.38. The van der Waals surface area contributed by atoms with Gasteiger partial charge in [-0.15, -0.1) is 0 Å². The predicted molar refractivity (Wildman–Crippen MR) is 154 cm³/mol. The smallest absolute Gasteiger partial charge is 0.262 e. The second-order valence-corrected chi connectivity index (χ2v) is 12.4. The molecule has 1 fully saturated rings. The summed E-state index contributed by atoms with van der Waals surface area (Å²) in [6, 6.07) is 22.6. The first kappa shape index (κ1) is 27.9. The Balaban J connectivity index is 1.25. The molecule has 0 radical (unpaired) electrons. The highest BCUT2D eigenvalue weighted by atomic mass is 32.2. The molecule has 0 aromatic heterocycles. The number of para-hydroxylation sites is 2. The quantitative estimate of drug-likeness (QED) is 0.473. The van der Waals surface area contributed by atoms with Crippen LogP contribution >= 0.6 is 0 Å². The van der Waals surface area contributed by atoms with Crippen LogP contribution in [-0.2, 0) is 26.0 Å². The van der Waals surface area contributed by atoms with Crippen molar-refractivity contribution in [2.75, 3.05) is 31.1 Å². The number of carbonyl (C=O) groups excluding carboxylic acids is 2. The number of aryl methyl sites for hydroxylation is 2. The number of nitrogens with one attached hydrogen (secondary N) is 1. The number of ether oxygens (including phenoxy) is 1. The highest BCUT2D eigenvalue weighted by Crippen LogP contribution is 2.36. The van der Waals surface area contributed by atoms with E-state index in [0.717, 1.165) is 11.1 Å². The third-order valence-corrected chi connectivity index (χ3v) is 9.69. The molecule has 1 atom stereocenters. The summed E-state index contributed by atoms with van der Waals surface area (Å²) in [6.07, 6.45) is 0.689. The molecule has 8 nitrogen and oxygen atoms in total. The molecule has 2 aliphatic heterocycles. The molecule has 0 aliphatic carbocycles. The maximum Gasteiger partial charge on any atom is 0.262 e. The Morgan fingerprint density at radius 3 is 2.40 bits per heavy atom. The van der Waals surface area contributed by atoms with Gasteiger partial charge in [-0.25, -0.2) is 8.42 Å². The molecular weight excluding hydrogens is 526 g/mol. The average Bonchev–Trinajstić information content (AvgIpc) is 2.98. The number of hydrogen-bond donors (Lipinski definition) is 1. The summed E-state index contributed by atoms with van der Waals surface area (Å²) < 4.78 is 34.2. The number of fused-ring (bicyclic) bond motifs is 1. The van der Waals surface area contributed by atoms with Gasteiger partial charge in [0, 0.05) is 25.6 Å². The Bertz CT molecular complexity index is 1480. The van der Waals surface area contributed by atoms with Crippen LogP contribution in [0.3, 0.4) is 0 Å². The van der Waals surface area contributed by atoms with Gasteiger partial charge in [0.1, 0.15) is 5.75 Å². The summed E-state index contributed by atoms with van der Waals surface area (Å²) in [5.74, 6) is -0.238. The number of sulfonamides is 1. The maximum absolute atomic E-state index is 13.8. The lowest BCUT2D eigenvalue weighted by molar-refractivity contribution is -0.129. The van der Waals surface area contributed by atoms with E-state index in [1.165, 1.54) is 4.31 Å². The van der Waals surface area contributed by atoms with Gasteiger partial charge < -0.3 is 15.0 Å². The summed E-state index contributed by atoms with van der Waals surface area (Å²) in [5, 5.41) is 2.94. The van der Waals surface area contributed by atoms with Crippen molar-refractivity contribution in [3.05, 3.63) is 89.5 Å². The minimum atomic E-state index is -3.65. The van der Waals surface area contributed by atoms with Gasteiger partial charge in [0.05, 0.1) is 17.1 Å². The van der Waals surface area contributed by atoms with E-state index < -0.39 is 16.1 Å². The Hall–Kier alpha value is -3.69. The zero-order valence-electron chi connectivity index (χ0n) is 22.9. The monoisotopic (exact) mass is 561 g/mol. The van der Waals surface area contributed by atoms with Crippen LogP contribution in [0.5, 0.6) is 5.75 Å². The van der Waals surface area contributed by atoms with Crippen molar-refractivity contribution in [1.82, 2.24) is 9.62 Å². The molecule has 2 aliphatic rings. The van der Waals surface area contributed by atoms with Crippen LogP contribution in [0.1, 0.15) is 29.5 Å². The van der Waals surface area contributed by atoms with Crippen LogP contribution in [0, 0.1) is 19.8 Å². The molecule has 210 valence electrons. The number of piperidine rings is 1. The molecule has 0 spiro atoms. The molecule has 1 saturated heterocycles. The molecule has 2 amide bonds. The number of rotatable bonds is 7. The first-order valence-corrected chi connectivity index (χ1v) is 15.1. The summed E-state index contributed by atoms with van der Waals surface area (Å²) >= 11 is 0. The lowest BCUT2D eigenvalue weighted by atomic mass is 9.95. The molecule has 0 unspecified atom stereocenters. The number of anilines is 1. The topological polar surface area (TPSA) is 96.0 Å². The standard InChI is InChI=1S/C31H35N3O5S/c1-22-12-13-23(2)29(20-22)40(37,38)33-18-15-25(16-19-33)31(36)34-21-28(39-27-11-7-6-10-26(27)34)30(35)32-17-14-24-8-4-3-5-9-24/h3-13,20,25,28H,14-19,21H2,1-2H3,(H,32,35)/t28-/m0/s1. The number of benzene rings is 3. The van der Waals surface area contributed by atoms with E-state index >= 15 is 0 Å². The Morgan fingerprint density at radius 1 is 0.950 bits per heavy atom. The molecule has 2 heterocycles. The average molecular weight is 562 g/mol. The van der Waals surface area contributed by atoms with Gasteiger partial charge in [-0.3, -0.25) is 9.59 Å². The van der Waals surface area contributed by atoms with Crippen LogP contribution in [0.4, 0.5) is 5.69 Å². The van der Waals surface area contributed by atoms with Crippen LogP contribution in [0.2, 0.25) is 0 Å². The fourth-order valence-electron chi connectivity index (χ4n) is 5.36. The summed E-state index contributed by atoms with van der Waals surface area (Å²) in [4.78, 5) is 28.8. The number of carbonyl (C=O) groups is 2. The fraction of sp³-hybridized carbons (Fsp3) is 0.355. The normalized spacial score (nSPS) is 18.1. The van der Waals surface area contributed by atoms with E-state index in [0.29, 0.717) is 47.7 Å². The van der Waals surface area contributed by atoms with Crippen LogP contribution in [0.25, 0.3) is 0 Å². The number of hydrogen-bond acceptors (Lipinski definition) is 5. The SMILES string of the molecule is Cc1ccc(C)c(S(=O)(=O)N2CCC(C(=O)N3C[C@@H](C(=O)NCCc4ccccc4)Oc4ccccc43)CC2)c1. The van der Waals surface area contributed by atoms with Gasteiger partial charge in [-0.1, -0.05) is 54.6 Å². The van der Waals surface area contributed by atoms with E-state index in [-0.39, 0.29) is 37.4 Å². The number of nitrogens with zero attached hydrogens (tertiary/aromatic N) is 2. The zero-order valence-corrected chi connectivity index (χ0v) is 23.7. The van der Waals surface area contributed by atoms with Gasteiger partial charge in [-0.2, -0.15) is 4.31 Å². The predicted octanol–water partition coefficient (Wildman–Crippen LogP) is 3.86. The van der Waals surface area contributed by atoms with Crippen molar-refractivity contribution >= 4 is 27.5 Å². The molecule has 5 rings (SSSR count). The lowest BCUT2D eigenvalue weighted by Crippen LogP contribution is -2.53. The first-order valence-electron chi connectivity index (χ1n) is 13.7. The van der Waals surface area contributed by atoms with Crippen LogP contribution in [0.15, 0.2) is 77.7 Å². The third kappa shape index (κ3) is 5.90. The van der Waals surface area contributed by atoms with Crippen LogP contribution in [-0.4, -0.2) is 56.8 Å². The van der Waals surface area contributed by atoms with Gasteiger partial charge >= 0.3 is 0 Å². The fourth-order valence-corrected chi connectivity index (χ4v) is 7.14. The molecule has 0 saturated carbocycles. The van der Waals surface area contributed by atoms with Crippen molar-refractivity contribution in [3.63, 3.8) is 0 Å². The van der Waals surface area contributed by atoms with Gasteiger partial charge in [0.25, 0.3) is 5.91 Å². The highest BCUT2D eigenvalue weighted by Gasteiger charge is 2.39. The van der Waals surface area contributed by atoms with Gasteiger partial charge in [0.2, 0.25) is 15.9 Å². The first-order chi connectivity index (χ1) is 19.2. The van der Waals surface area contributed by atoms with Gasteiger partial charge in [0.15, 0.2) is 6.10 Å². The van der Waals surface area contributed by atoms with Crippen molar-refractivity contribution in [3.8, 4) is 5.75 Å². The maximum atomic E-state index is 13.8.